The van der Waals surface area contributed by atoms with Crippen molar-refractivity contribution in [2.24, 2.45) is 0 Å². The molecule has 35 heavy (non-hydrogen) atoms. The Kier molecular flexibility index (Phi) is 6.33. The Bertz CT molecular complexity index is 1270. The quantitative estimate of drug-likeness (QED) is 0.485. The second-order valence-corrected chi connectivity index (χ2v) is 9.15. The number of hydrogen-bond acceptors (Lipinski definition) is 5. The fraction of sp³-hybridized carbons (Fsp3) is 0.333. The van der Waals surface area contributed by atoms with E-state index >= 15 is 0 Å². The van der Waals surface area contributed by atoms with Crippen LogP contribution in [-0.2, 0) is 12.1 Å². The minimum absolute atomic E-state index is 0.0477. The van der Waals surface area contributed by atoms with E-state index < -0.39 is 11.8 Å². The van der Waals surface area contributed by atoms with E-state index in [9.17, 15) is 14.0 Å². The van der Waals surface area contributed by atoms with Crippen LogP contribution in [0.15, 0.2) is 42.9 Å². The average Bonchev–Trinajstić information content (AvgIpc) is 3.29. The molecule has 1 aliphatic rings. The highest BCUT2D eigenvalue weighted by molar-refractivity contribution is 6.07. The molecule has 1 aliphatic heterocycles. The summed E-state index contributed by atoms with van der Waals surface area (Å²) in [6.45, 7) is 8.56. The molecule has 2 aromatic heterocycles. The molecule has 0 spiro atoms. The first-order chi connectivity index (χ1) is 16.6. The maximum atomic E-state index is 14.6. The van der Waals surface area contributed by atoms with Gasteiger partial charge in [0.25, 0.3) is 0 Å². The van der Waals surface area contributed by atoms with Crippen LogP contribution in [0.1, 0.15) is 33.3 Å². The zero-order chi connectivity index (χ0) is 25.3. The van der Waals surface area contributed by atoms with Crippen LogP contribution < -0.4 is 25.8 Å². The number of pyridine rings is 1. The van der Waals surface area contributed by atoms with Crippen LogP contribution in [0.25, 0.3) is 0 Å². The molecule has 0 aliphatic carbocycles. The third kappa shape index (κ3) is 4.88. The van der Waals surface area contributed by atoms with E-state index in [1.165, 1.54) is 29.3 Å². The normalized spacial score (nSPS) is 13.5. The lowest BCUT2D eigenvalue weighted by molar-refractivity contribution is 0.250. The lowest BCUT2D eigenvalue weighted by Crippen LogP contribution is -2.47. The Hall–Kier alpha value is -4.15. The number of nitrogens with zero attached hydrogens (tertiary/aromatic N) is 5. The highest BCUT2D eigenvalue weighted by Crippen LogP contribution is 2.34. The molecular formula is C24H29FN8O2. The first kappa shape index (κ1) is 24.0. The molecule has 184 valence electrons. The van der Waals surface area contributed by atoms with Gasteiger partial charge < -0.3 is 16.0 Å². The van der Waals surface area contributed by atoms with Crippen LogP contribution in [0.3, 0.4) is 0 Å². The molecule has 10 nitrogen and oxygen atoms in total. The Morgan fingerprint density at radius 1 is 1.17 bits per heavy atom. The predicted octanol–water partition coefficient (Wildman–Crippen LogP) is 4.82. The van der Waals surface area contributed by atoms with Crippen molar-refractivity contribution in [1.29, 1.82) is 0 Å². The number of urea groups is 2. The summed E-state index contributed by atoms with van der Waals surface area (Å²) in [6.07, 6.45) is 4.94. The van der Waals surface area contributed by atoms with Crippen molar-refractivity contribution >= 4 is 40.6 Å². The van der Waals surface area contributed by atoms with Gasteiger partial charge in [-0.3, -0.25) is 14.5 Å². The molecule has 0 radical (unpaired) electrons. The monoisotopic (exact) mass is 480 g/mol. The molecule has 0 bridgehead atoms. The van der Waals surface area contributed by atoms with E-state index in [0.29, 0.717) is 23.7 Å². The van der Waals surface area contributed by atoms with E-state index in [1.807, 2.05) is 33.8 Å². The van der Waals surface area contributed by atoms with Crippen molar-refractivity contribution in [3.8, 4) is 0 Å². The van der Waals surface area contributed by atoms with Gasteiger partial charge in [0.1, 0.15) is 11.6 Å². The third-order valence-electron chi connectivity index (χ3n) is 5.65. The predicted molar refractivity (Wildman–Crippen MR) is 135 cm³/mol. The van der Waals surface area contributed by atoms with Gasteiger partial charge in [-0.2, -0.15) is 5.10 Å². The summed E-state index contributed by atoms with van der Waals surface area (Å²) in [6, 6.07) is 5.15. The molecule has 0 unspecified atom stereocenters. The Morgan fingerprint density at radius 2 is 1.94 bits per heavy atom. The van der Waals surface area contributed by atoms with Gasteiger partial charge in [0, 0.05) is 43.3 Å². The van der Waals surface area contributed by atoms with Crippen molar-refractivity contribution < 1.29 is 14.0 Å². The third-order valence-corrected chi connectivity index (χ3v) is 5.65. The number of carbonyl (C=O) groups excluding carboxylic acids is 2. The van der Waals surface area contributed by atoms with Gasteiger partial charge in [0.2, 0.25) is 0 Å². The number of hydrogen-bond donors (Lipinski definition) is 3. The molecule has 0 saturated heterocycles. The maximum Gasteiger partial charge on any atom is 0.329 e. The highest BCUT2D eigenvalue weighted by Gasteiger charge is 2.31. The summed E-state index contributed by atoms with van der Waals surface area (Å²) in [4.78, 5) is 33.3. The lowest BCUT2D eigenvalue weighted by atomic mass is 10.1. The number of aromatic nitrogens is 3. The highest BCUT2D eigenvalue weighted by atomic mass is 19.1. The second-order valence-electron chi connectivity index (χ2n) is 9.15. The van der Waals surface area contributed by atoms with Crippen LogP contribution >= 0.6 is 0 Å². The summed E-state index contributed by atoms with van der Waals surface area (Å²) in [5, 5.41) is 12.4. The van der Waals surface area contributed by atoms with Gasteiger partial charge in [-0.25, -0.2) is 19.0 Å². The molecule has 3 heterocycles. The summed E-state index contributed by atoms with van der Waals surface area (Å²) in [7, 11) is 1.77. The largest absolute Gasteiger partial charge is 0.373 e. The number of nitrogens with one attached hydrogen (secondary N) is 3. The number of benzene rings is 1. The van der Waals surface area contributed by atoms with Crippen LogP contribution in [-0.4, -0.2) is 40.4 Å². The topological polar surface area (TPSA) is 107 Å². The van der Waals surface area contributed by atoms with Gasteiger partial charge in [-0.15, -0.1) is 0 Å². The lowest BCUT2D eigenvalue weighted by Gasteiger charge is -2.36. The van der Waals surface area contributed by atoms with Gasteiger partial charge >= 0.3 is 12.1 Å². The smallest absolute Gasteiger partial charge is 0.329 e. The Balaban J connectivity index is 1.55. The molecule has 11 heteroatoms. The zero-order valence-corrected chi connectivity index (χ0v) is 20.4. The molecule has 0 atom stereocenters. The number of amides is 4. The van der Waals surface area contributed by atoms with Crippen LogP contribution in [0.5, 0.6) is 0 Å². The van der Waals surface area contributed by atoms with E-state index in [1.54, 1.807) is 29.0 Å². The minimum atomic E-state index is -0.621. The number of fused-ring (bicyclic) bond motifs is 1. The van der Waals surface area contributed by atoms with Crippen molar-refractivity contribution in [3.05, 3.63) is 54.2 Å². The average molecular weight is 481 g/mol. The summed E-state index contributed by atoms with van der Waals surface area (Å²) >= 11 is 0. The molecule has 4 amide bonds. The first-order valence-corrected chi connectivity index (χ1v) is 11.3. The fourth-order valence-corrected chi connectivity index (χ4v) is 3.79. The fourth-order valence-electron chi connectivity index (χ4n) is 3.79. The number of halogens is 1. The molecule has 3 N–H and O–H groups in total. The minimum Gasteiger partial charge on any atom is -0.373 e. The van der Waals surface area contributed by atoms with E-state index in [0.717, 1.165) is 11.3 Å². The van der Waals surface area contributed by atoms with Gasteiger partial charge in [-0.05, 0) is 45.9 Å². The van der Waals surface area contributed by atoms with Crippen molar-refractivity contribution in [1.82, 2.24) is 14.8 Å². The van der Waals surface area contributed by atoms with Crippen LogP contribution in [0.2, 0.25) is 0 Å². The van der Waals surface area contributed by atoms with E-state index in [2.05, 4.69) is 26.0 Å². The molecule has 0 fully saturated rings. The zero-order valence-electron chi connectivity index (χ0n) is 20.4. The van der Waals surface area contributed by atoms with Gasteiger partial charge in [-0.1, -0.05) is 0 Å². The number of rotatable bonds is 5. The first-order valence-electron chi connectivity index (χ1n) is 11.3. The summed E-state index contributed by atoms with van der Waals surface area (Å²) < 4.78 is 16.3. The van der Waals surface area contributed by atoms with Gasteiger partial charge in [0.05, 0.1) is 35.3 Å². The van der Waals surface area contributed by atoms with Gasteiger partial charge in [0.15, 0.2) is 0 Å². The van der Waals surface area contributed by atoms with Crippen LogP contribution in [0.4, 0.5) is 42.5 Å². The second kappa shape index (κ2) is 9.24. The van der Waals surface area contributed by atoms with Crippen LogP contribution in [0, 0.1) is 5.82 Å². The standard InChI is InChI=1S/C24H29FN8O2/c1-6-31-20-10-21(26-5)27-11-15(20)13-32(23(31)35)17-7-8-18(25)19(9-17)30-22(34)29-16-12-28-33(14-16)24(2,3)4/h7-12,14H,6,13H2,1-5H3,(H,26,27)(H2,29,30,34). The molecule has 1 aromatic carbocycles. The van der Waals surface area contributed by atoms with E-state index in [-0.39, 0.29) is 23.8 Å². The SMILES string of the molecule is CCN1C(=O)N(c2ccc(F)c(NC(=O)Nc3cnn(C(C)(C)C)c3)c2)Cc2cnc(NC)cc21. The summed E-state index contributed by atoms with van der Waals surface area (Å²) in [5.74, 6) is 0.0441. The van der Waals surface area contributed by atoms with Crippen molar-refractivity contribution in [2.45, 2.75) is 39.8 Å². The molecule has 0 saturated carbocycles. The van der Waals surface area contributed by atoms with Crippen molar-refractivity contribution in [3.63, 3.8) is 0 Å². The van der Waals surface area contributed by atoms with E-state index in [4.69, 9.17) is 0 Å². The van der Waals surface area contributed by atoms with Crippen molar-refractivity contribution in [2.75, 3.05) is 39.3 Å². The molecule has 4 rings (SSSR count). The summed E-state index contributed by atoms with van der Waals surface area (Å²) in [5.41, 5.74) is 2.28. The number of anilines is 5. The Morgan fingerprint density at radius 3 is 2.60 bits per heavy atom. The number of carbonyl (C=O) groups is 2. The maximum absolute atomic E-state index is 14.6. The molecule has 3 aromatic rings. The Labute approximate surface area is 203 Å². The molecular weight excluding hydrogens is 451 g/mol.